The SMILES string of the molecule is CC(Cl)C(=O)NC[C@H](C)O. The minimum atomic E-state index is -0.529. The van der Waals surface area contributed by atoms with Crippen LogP contribution in [0.15, 0.2) is 0 Å². The summed E-state index contributed by atoms with van der Waals surface area (Å²) in [6, 6.07) is 0. The standard InChI is InChI=1S/C6H12ClNO2/c1-4(9)3-8-6(10)5(2)7/h4-5,9H,3H2,1-2H3,(H,8,10)/t4-,5?/m0/s1. The van der Waals surface area contributed by atoms with E-state index in [0.29, 0.717) is 0 Å². The molecular formula is C6H12ClNO2. The molecule has 3 nitrogen and oxygen atoms in total. The first kappa shape index (κ1) is 9.72. The summed E-state index contributed by atoms with van der Waals surface area (Å²) in [6.07, 6.45) is -0.514. The van der Waals surface area contributed by atoms with Gasteiger partial charge < -0.3 is 10.4 Å². The summed E-state index contributed by atoms with van der Waals surface area (Å²) < 4.78 is 0. The summed E-state index contributed by atoms with van der Waals surface area (Å²) in [6.45, 7) is 3.44. The van der Waals surface area contributed by atoms with Crippen molar-refractivity contribution in [1.29, 1.82) is 0 Å². The number of alkyl halides is 1. The minimum absolute atomic E-state index is 0.248. The molecule has 0 rings (SSSR count). The molecule has 10 heavy (non-hydrogen) atoms. The zero-order chi connectivity index (χ0) is 8.15. The fourth-order valence-electron chi connectivity index (χ4n) is 0.389. The highest BCUT2D eigenvalue weighted by Gasteiger charge is 2.08. The van der Waals surface area contributed by atoms with Crippen molar-refractivity contribution >= 4 is 17.5 Å². The maximum Gasteiger partial charge on any atom is 0.237 e. The Balaban J connectivity index is 3.40. The molecule has 1 unspecified atom stereocenters. The van der Waals surface area contributed by atoms with Crippen molar-refractivity contribution in [2.75, 3.05) is 6.54 Å². The van der Waals surface area contributed by atoms with Crippen molar-refractivity contribution in [2.45, 2.75) is 25.3 Å². The zero-order valence-corrected chi connectivity index (χ0v) is 6.85. The highest BCUT2D eigenvalue weighted by molar-refractivity contribution is 6.30. The topological polar surface area (TPSA) is 49.3 Å². The summed E-state index contributed by atoms with van der Waals surface area (Å²) in [7, 11) is 0. The number of nitrogens with one attached hydrogen (secondary N) is 1. The van der Waals surface area contributed by atoms with Gasteiger partial charge in [0, 0.05) is 6.54 Å². The maximum absolute atomic E-state index is 10.7. The molecule has 0 fully saturated rings. The molecule has 2 N–H and O–H groups in total. The molecule has 0 spiro atoms. The second kappa shape index (κ2) is 4.52. The van der Waals surface area contributed by atoms with Gasteiger partial charge in [0.15, 0.2) is 0 Å². The highest BCUT2D eigenvalue weighted by Crippen LogP contribution is 1.91. The fourth-order valence-corrected chi connectivity index (χ4v) is 0.466. The van der Waals surface area contributed by atoms with E-state index in [-0.39, 0.29) is 12.5 Å². The Morgan fingerprint density at radius 3 is 2.50 bits per heavy atom. The highest BCUT2D eigenvalue weighted by atomic mass is 35.5. The van der Waals surface area contributed by atoms with E-state index >= 15 is 0 Å². The third-order valence-corrected chi connectivity index (χ3v) is 1.13. The van der Waals surface area contributed by atoms with Gasteiger partial charge in [-0.05, 0) is 13.8 Å². The van der Waals surface area contributed by atoms with Crippen LogP contribution in [0.5, 0.6) is 0 Å². The van der Waals surface area contributed by atoms with Gasteiger partial charge in [0.25, 0.3) is 0 Å². The van der Waals surface area contributed by atoms with Crippen LogP contribution in [0.4, 0.5) is 0 Å². The Hall–Kier alpha value is -0.280. The zero-order valence-electron chi connectivity index (χ0n) is 6.10. The van der Waals surface area contributed by atoms with Gasteiger partial charge in [0.05, 0.1) is 6.10 Å². The van der Waals surface area contributed by atoms with Gasteiger partial charge in [-0.15, -0.1) is 11.6 Å². The van der Waals surface area contributed by atoms with E-state index in [1.54, 1.807) is 13.8 Å². The Labute approximate surface area is 65.4 Å². The van der Waals surface area contributed by atoms with E-state index in [9.17, 15) is 4.79 Å². The van der Waals surface area contributed by atoms with Gasteiger partial charge in [-0.25, -0.2) is 0 Å². The predicted octanol–water partition coefficient (Wildman–Crippen LogP) is 0.111. The Morgan fingerprint density at radius 2 is 2.20 bits per heavy atom. The molecule has 0 aliphatic rings. The van der Waals surface area contributed by atoms with Crippen LogP contribution in [0.25, 0.3) is 0 Å². The number of hydrogen-bond acceptors (Lipinski definition) is 2. The number of carbonyl (C=O) groups is 1. The molecule has 0 aromatic rings. The molecule has 0 aromatic carbocycles. The van der Waals surface area contributed by atoms with Gasteiger partial charge in [0.2, 0.25) is 5.91 Å². The second-order valence-electron chi connectivity index (χ2n) is 2.21. The molecule has 0 aliphatic heterocycles. The van der Waals surface area contributed by atoms with Crippen molar-refractivity contribution in [2.24, 2.45) is 0 Å². The van der Waals surface area contributed by atoms with Crippen molar-refractivity contribution in [3.05, 3.63) is 0 Å². The lowest BCUT2D eigenvalue weighted by Gasteiger charge is -2.07. The Morgan fingerprint density at radius 1 is 1.70 bits per heavy atom. The van der Waals surface area contributed by atoms with Crippen molar-refractivity contribution in [1.82, 2.24) is 5.32 Å². The van der Waals surface area contributed by atoms with E-state index in [0.717, 1.165) is 0 Å². The molecule has 0 bridgehead atoms. The largest absolute Gasteiger partial charge is 0.392 e. The minimum Gasteiger partial charge on any atom is -0.392 e. The lowest BCUT2D eigenvalue weighted by Crippen LogP contribution is -2.34. The van der Waals surface area contributed by atoms with Gasteiger partial charge in [-0.1, -0.05) is 0 Å². The maximum atomic E-state index is 10.7. The van der Waals surface area contributed by atoms with E-state index in [1.807, 2.05) is 0 Å². The number of hydrogen-bond donors (Lipinski definition) is 2. The molecule has 1 amide bonds. The van der Waals surface area contributed by atoms with E-state index < -0.39 is 11.5 Å². The summed E-state index contributed by atoms with van der Waals surface area (Å²) in [4.78, 5) is 10.7. The lowest BCUT2D eigenvalue weighted by atomic mass is 10.4. The van der Waals surface area contributed by atoms with Crippen LogP contribution in [0, 0.1) is 0 Å². The normalized spacial score (nSPS) is 16.0. The molecule has 0 radical (unpaired) electrons. The van der Waals surface area contributed by atoms with Crippen molar-refractivity contribution < 1.29 is 9.90 Å². The Bertz CT molecular complexity index is 114. The van der Waals surface area contributed by atoms with Crippen LogP contribution < -0.4 is 5.32 Å². The lowest BCUT2D eigenvalue weighted by molar-refractivity contribution is -0.120. The van der Waals surface area contributed by atoms with Crippen molar-refractivity contribution in [3.8, 4) is 0 Å². The molecule has 0 heterocycles. The summed E-state index contributed by atoms with van der Waals surface area (Å²) in [5.74, 6) is -0.248. The third kappa shape index (κ3) is 4.58. The van der Waals surface area contributed by atoms with Crippen LogP contribution in [0.2, 0.25) is 0 Å². The number of rotatable bonds is 3. The number of carbonyl (C=O) groups excluding carboxylic acids is 1. The molecular weight excluding hydrogens is 154 g/mol. The molecule has 0 aromatic heterocycles. The van der Waals surface area contributed by atoms with Gasteiger partial charge in [-0.3, -0.25) is 4.79 Å². The van der Waals surface area contributed by atoms with E-state index in [2.05, 4.69) is 5.32 Å². The van der Waals surface area contributed by atoms with Crippen molar-refractivity contribution in [3.63, 3.8) is 0 Å². The Kier molecular flexibility index (Phi) is 4.40. The number of amides is 1. The molecule has 0 aliphatic carbocycles. The number of aliphatic hydroxyl groups excluding tert-OH is 1. The molecule has 0 saturated heterocycles. The first-order valence-electron chi connectivity index (χ1n) is 3.14. The first-order chi connectivity index (χ1) is 4.54. The van der Waals surface area contributed by atoms with Crippen LogP contribution >= 0.6 is 11.6 Å². The summed E-state index contributed by atoms with van der Waals surface area (Å²) in [5, 5.41) is 10.7. The first-order valence-corrected chi connectivity index (χ1v) is 3.57. The van der Waals surface area contributed by atoms with E-state index in [4.69, 9.17) is 16.7 Å². The average molecular weight is 166 g/mol. The smallest absolute Gasteiger partial charge is 0.237 e. The second-order valence-corrected chi connectivity index (χ2v) is 2.86. The van der Waals surface area contributed by atoms with Crippen LogP contribution in [0.1, 0.15) is 13.8 Å². The molecule has 0 saturated carbocycles. The molecule has 4 heteroatoms. The average Bonchev–Trinajstić information content (AvgIpc) is 1.82. The summed E-state index contributed by atoms with van der Waals surface area (Å²) in [5.41, 5.74) is 0. The third-order valence-electron chi connectivity index (χ3n) is 0.933. The van der Waals surface area contributed by atoms with Crippen LogP contribution in [0.3, 0.4) is 0 Å². The summed E-state index contributed by atoms with van der Waals surface area (Å²) >= 11 is 5.42. The van der Waals surface area contributed by atoms with Gasteiger partial charge >= 0.3 is 0 Å². The number of halogens is 1. The van der Waals surface area contributed by atoms with E-state index in [1.165, 1.54) is 0 Å². The number of aliphatic hydroxyl groups is 1. The monoisotopic (exact) mass is 165 g/mol. The van der Waals surface area contributed by atoms with Crippen LogP contribution in [-0.2, 0) is 4.79 Å². The van der Waals surface area contributed by atoms with Gasteiger partial charge in [-0.2, -0.15) is 0 Å². The molecule has 2 atom stereocenters. The predicted molar refractivity (Wildman–Crippen MR) is 40.0 cm³/mol. The molecule has 60 valence electrons. The van der Waals surface area contributed by atoms with Crippen LogP contribution in [-0.4, -0.2) is 29.0 Å². The van der Waals surface area contributed by atoms with Gasteiger partial charge in [0.1, 0.15) is 5.38 Å². The fraction of sp³-hybridized carbons (Fsp3) is 0.833. The quantitative estimate of drug-likeness (QED) is 0.584.